The van der Waals surface area contributed by atoms with E-state index in [2.05, 4.69) is 15.9 Å². The van der Waals surface area contributed by atoms with Gasteiger partial charge in [-0.15, -0.1) is 0 Å². The predicted molar refractivity (Wildman–Crippen MR) is 49.9 cm³/mol. The lowest BCUT2D eigenvalue weighted by Crippen LogP contribution is -1.98. The summed E-state index contributed by atoms with van der Waals surface area (Å²) >= 11 is 3.33. The highest BCUT2D eigenvalue weighted by Gasteiger charge is 2.26. The van der Waals surface area contributed by atoms with E-state index in [1.165, 1.54) is 0 Å². The number of hydrogen-bond acceptors (Lipinski definition) is 2. The molecule has 0 amide bonds. The lowest BCUT2D eigenvalue weighted by atomic mass is 10.2. The van der Waals surface area contributed by atoms with Crippen molar-refractivity contribution >= 4 is 25.8 Å². The number of halogens is 1. The van der Waals surface area contributed by atoms with Gasteiger partial charge in [0, 0.05) is 4.47 Å². The zero-order valence-electron chi connectivity index (χ0n) is 6.25. The maximum Gasteiger partial charge on any atom is 0.179 e. The van der Waals surface area contributed by atoms with Crippen LogP contribution in [0.4, 0.5) is 0 Å². The van der Waals surface area contributed by atoms with Gasteiger partial charge in [-0.05, 0) is 24.1 Å². The minimum absolute atomic E-state index is 0.255. The second kappa shape index (κ2) is 2.57. The summed E-state index contributed by atoms with van der Waals surface area (Å²) in [6.07, 6.45) is 0.638. The van der Waals surface area contributed by atoms with E-state index in [0.717, 1.165) is 10.0 Å². The monoisotopic (exact) mass is 246 g/mol. The van der Waals surface area contributed by atoms with Gasteiger partial charge in [0.15, 0.2) is 9.84 Å². The summed E-state index contributed by atoms with van der Waals surface area (Å²) in [5.74, 6) is 0.255. The first kappa shape index (κ1) is 8.26. The molecule has 0 bridgehead atoms. The van der Waals surface area contributed by atoms with E-state index in [1.54, 1.807) is 12.1 Å². The first-order valence-electron chi connectivity index (χ1n) is 3.61. The Morgan fingerprint density at radius 1 is 1.33 bits per heavy atom. The average Bonchev–Trinajstić information content (AvgIpc) is 2.30. The van der Waals surface area contributed by atoms with Crippen molar-refractivity contribution in [1.82, 2.24) is 0 Å². The Balaban J connectivity index is 2.78. The largest absolute Gasteiger partial charge is 0.224 e. The van der Waals surface area contributed by atoms with Gasteiger partial charge in [0.05, 0.1) is 10.6 Å². The highest BCUT2D eigenvalue weighted by Crippen LogP contribution is 2.31. The Morgan fingerprint density at radius 2 is 2.08 bits per heavy atom. The summed E-state index contributed by atoms with van der Waals surface area (Å²) in [7, 11) is -2.96. The molecule has 4 heteroatoms. The van der Waals surface area contributed by atoms with Crippen LogP contribution in [0.25, 0.3) is 0 Å². The SMILES string of the molecule is O=S1(=O)CCc2c(Br)cccc21. The molecule has 0 spiro atoms. The van der Waals surface area contributed by atoms with E-state index in [4.69, 9.17) is 0 Å². The van der Waals surface area contributed by atoms with E-state index in [0.29, 0.717) is 11.3 Å². The highest BCUT2D eigenvalue weighted by atomic mass is 79.9. The predicted octanol–water partition coefficient (Wildman–Crippen LogP) is 1.78. The summed E-state index contributed by atoms with van der Waals surface area (Å²) in [5.41, 5.74) is 0.928. The third-order valence-electron chi connectivity index (χ3n) is 2.03. The lowest BCUT2D eigenvalue weighted by Gasteiger charge is -1.98. The Morgan fingerprint density at radius 3 is 2.75 bits per heavy atom. The van der Waals surface area contributed by atoms with E-state index in [9.17, 15) is 8.42 Å². The van der Waals surface area contributed by atoms with Gasteiger partial charge in [0.1, 0.15) is 0 Å². The third kappa shape index (κ3) is 1.10. The molecule has 0 aliphatic carbocycles. The summed E-state index contributed by atoms with van der Waals surface area (Å²) in [5, 5.41) is 0. The second-order valence-corrected chi connectivity index (χ2v) is 5.72. The van der Waals surface area contributed by atoms with Crippen LogP contribution in [0.15, 0.2) is 27.6 Å². The maximum atomic E-state index is 11.4. The van der Waals surface area contributed by atoms with Crippen molar-refractivity contribution in [3.63, 3.8) is 0 Å². The van der Waals surface area contributed by atoms with Crippen LogP contribution < -0.4 is 0 Å². The Bertz CT molecular complexity index is 423. The van der Waals surface area contributed by atoms with Crippen molar-refractivity contribution in [1.29, 1.82) is 0 Å². The molecule has 2 rings (SSSR count). The van der Waals surface area contributed by atoms with E-state index >= 15 is 0 Å². The number of rotatable bonds is 0. The van der Waals surface area contributed by atoms with Crippen LogP contribution in [0.2, 0.25) is 0 Å². The topological polar surface area (TPSA) is 34.1 Å². The minimum Gasteiger partial charge on any atom is -0.224 e. The summed E-state index contributed by atoms with van der Waals surface area (Å²) in [6, 6.07) is 5.30. The van der Waals surface area contributed by atoms with Crippen LogP contribution in [0.3, 0.4) is 0 Å². The summed E-state index contributed by atoms with van der Waals surface area (Å²) in [6.45, 7) is 0. The molecule has 0 saturated heterocycles. The standard InChI is InChI=1S/C8H7BrO2S/c9-7-2-1-3-8-6(7)4-5-12(8,10)11/h1-3H,4-5H2. The third-order valence-corrected chi connectivity index (χ3v) is 4.57. The van der Waals surface area contributed by atoms with Crippen LogP contribution in [-0.4, -0.2) is 14.2 Å². The molecule has 0 unspecified atom stereocenters. The van der Waals surface area contributed by atoms with Gasteiger partial charge in [0.25, 0.3) is 0 Å². The number of fused-ring (bicyclic) bond motifs is 1. The van der Waals surface area contributed by atoms with Crippen molar-refractivity contribution < 1.29 is 8.42 Å². The quantitative estimate of drug-likeness (QED) is 0.700. The first-order chi connectivity index (χ1) is 5.61. The van der Waals surface area contributed by atoms with Gasteiger partial charge in [0.2, 0.25) is 0 Å². The molecule has 1 aliphatic rings. The van der Waals surface area contributed by atoms with E-state index < -0.39 is 9.84 Å². The molecule has 0 radical (unpaired) electrons. The molecular formula is C8H7BrO2S. The molecule has 1 aliphatic heterocycles. The van der Waals surface area contributed by atoms with Crippen molar-refractivity contribution in [3.05, 3.63) is 28.2 Å². The normalized spacial score (nSPS) is 19.1. The van der Waals surface area contributed by atoms with E-state index in [1.807, 2.05) is 6.07 Å². The minimum atomic E-state index is -2.96. The average molecular weight is 247 g/mol. The lowest BCUT2D eigenvalue weighted by molar-refractivity contribution is 0.600. The fourth-order valence-electron chi connectivity index (χ4n) is 1.42. The Kier molecular flexibility index (Phi) is 1.77. The molecule has 1 heterocycles. The molecule has 0 aromatic heterocycles. The smallest absolute Gasteiger partial charge is 0.179 e. The Hall–Kier alpha value is -0.350. The molecule has 1 aromatic carbocycles. The molecule has 0 N–H and O–H groups in total. The molecule has 1 aromatic rings. The van der Waals surface area contributed by atoms with Crippen LogP contribution in [0.1, 0.15) is 5.56 Å². The summed E-state index contributed by atoms with van der Waals surface area (Å²) in [4.78, 5) is 0.497. The second-order valence-electron chi connectivity index (χ2n) is 2.79. The van der Waals surface area contributed by atoms with Crippen molar-refractivity contribution in [3.8, 4) is 0 Å². The molecular weight excluding hydrogens is 240 g/mol. The van der Waals surface area contributed by atoms with Gasteiger partial charge in [-0.25, -0.2) is 8.42 Å². The number of hydrogen-bond donors (Lipinski definition) is 0. The van der Waals surface area contributed by atoms with Crippen LogP contribution in [-0.2, 0) is 16.3 Å². The van der Waals surface area contributed by atoms with Crippen LogP contribution in [0.5, 0.6) is 0 Å². The van der Waals surface area contributed by atoms with Gasteiger partial charge in [-0.1, -0.05) is 22.0 Å². The van der Waals surface area contributed by atoms with Gasteiger partial charge < -0.3 is 0 Å². The molecule has 12 heavy (non-hydrogen) atoms. The van der Waals surface area contributed by atoms with Crippen molar-refractivity contribution in [2.75, 3.05) is 5.75 Å². The van der Waals surface area contributed by atoms with Crippen LogP contribution >= 0.6 is 15.9 Å². The first-order valence-corrected chi connectivity index (χ1v) is 6.06. The number of benzene rings is 1. The fourth-order valence-corrected chi connectivity index (χ4v) is 3.68. The van der Waals surface area contributed by atoms with Crippen molar-refractivity contribution in [2.45, 2.75) is 11.3 Å². The Labute approximate surface area is 79.6 Å². The zero-order valence-corrected chi connectivity index (χ0v) is 8.65. The fraction of sp³-hybridized carbons (Fsp3) is 0.250. The molecule has 0 atom stereocenters. The number of sulfone groups is 1. The highest BCUT2D eigenvalue weighted by molar-refractivity contribution is 9.10. The molecule has 0 fully saturated rings. The van der Waals surface area contributed by atoms with Gasteiger partial charge in [-0.3, -0.25) is 0 Å². The zero-order chi connectivity index (χ0) is 8.77. The maximum absolute atomic E-state index is 11.4. The molecule has 0 saturated carbocycles. The van der Waals surface area contributed by atoms with Crippen molar-refractivity contribution in [2.24, 2.45) is 0 Å². The molecule has 2 nitrogen and oxygen atoms in total. The van der Waals surface area contributed by atoms with Gasteiger partial charge in [-0.2, -0.15) is 0 Å². The van der Waals surface area contributed by atoms with E-state index in [-0.39, 0.29) is 5.75 Å². The molecule has 64 valence electrons. The van der Waals surface area contributed by atoms with Crippen LogP contribution in [0, 0.1) is 0 Å². The summed E-state index contributed by atoms with van der Waals surface area (Å²) < 4.78 is 23.7. The van der Waals surface area contributed by atoms with Gasteiger partial charge >= 0.3 is 0 Å².